The zero-order valence-corrected chi connectivity index (χ0v) is 14.6. The maximum Gasteiger partial charge on any atom is 0.206 e. The molecule has 3 aromatic rings. The van der Waals surface area contributed by atoms with Gasteiger partial charge >= 0.3 is 0 Å². The number of rotatable bonds is 3. The summed E-state index contributed by atoms with van der Waals surface area (Å²) in [6.45, 7) is 4.20. The average molecular weight is 333 g/mol. The highest BCUT2D eigenvalue weighted by atomic mass is 32.1. The summed E-state index contributed by atoms with van der Waals surface area (Å²) < 4.78 is 0. The number of nitrogens with zero attached hydrogens (tertiary/aromatic N) is 3. The Bertz CT molecular complexity index is 883. The lowest BCUT2D eigenvalue weighted by atomic mass is 9.95. The van der Waals surface area contributed by atoms with Crippen molar-refractivity contribution in [1.29, 1.82) is 0 Å². The summed E-state index contributed by atoms with van der Waals surface area (Å²) in [7, 11) is 0. The van der Waals surface area contributed by atoms with Crippen LogP contribution < -0.4 is 5.01 Å². The molecule has 1 aliphatic rings. The number of thiazole rings is 1. The van der Waals surface area contributed by atoms with Crippen molar-refractivity contribution in [3.63, 3.8) is 0 Å². The first-order chi connectivity index (χ1) is 11.7. The standard InChI is InChI=1S/C20H19N3S/c1-14-8-6-7-11-17(14)19-12-18(16-9-4-3-5-10-16)22-23(19)20-21-15(2)13-24-20/h3-11,13,19H,12H2,1-2H3/t19-/m1/s1. The van der Waals surface area contributed by atoms with E-state index in [0.29, 0.717) is 0 Å². The van der Waals surface area contributed by atoms with Crippen LogP contribution in [0, 0.1) is 13.8 Å². The summed E-state index contributed by atoms with van der Waals surface area (Å²) in [5, 5.41) is 10.1. The molecule has 2 aromatic carbocycles. The third-order valence-corrected chi connectivity index (χ3v) is 5.32. The van der Waals surface area contributed by atoms with Crippen molar-refractivity contribution in [1.82, 2.24) is 4.98 Å². The van der Waals surface area contributed by atoms with Crippen LogP contribution in [-0.2, 0) is 0 Å². The van der Waals surface area contributed by atoms with Gasteiger partial charge in [0.15, 0.2) is 0 Å². The van der Waals surface area contributed by atoms with E-state index in [1.54, 1.807) is 11.3 Å². The molecule has 1 atom stereocenters. The Morgan fingerprint density at radius 1 is 1.00 bits per heavy atom. The predicted molar refractivity (Wildman–Crippen MR) is 101 cm³/mol. The number of aromatic nitrogens is 1. The zero-order valence-electron chi connectivity index (χ0n) is 13.8. The van der Waals surface area contributed by atoms with Gasteiger partial charge in [0.05, 0.1) is 17.4 Å². The van der Waals surface area contributed by atoms with E-state index in [1.165, 1.54) is 16.7 Å². The second-order valence-corrected chi connectivity index (χ2v) is 6.94. The molecule has 0 bridgehead atoms. The van der Waals surface area contributed by atoms with E-state index in [9.17, 15) is 0 Å². The molecule has 3 nitrogen and oxygen atoms in total. The molecule has 4 heteroatoms. The summed E-state index contributed by atoms with van der Waals surface area (Å²) in [4.78, 5) is 4.66. The van der Waals surface area contributed by atoms with Gasteiger partial charge in [-0.1, -0.05) is 54.6 Å². The Balaban J connectivity index is 1.77. The van der Waals surface area contributed by atoms with E-state index >= 15 is 0 Å². The molecular formula is C20H19N3S. The molecule has 0 aliphatic carbocycles. The average Bonchev–Trinajstić information content (AvgIpc) is 3.22. The van der Waals surface area contributed by atoms with Crippen molar-refractivity contribution in [2.45, 2.75) is 26.3 Å². The summed E-state index contributed by atoms with van der Waals surface area (Å²) in [6, 6.07) is 19.2. The lowest BCUT2D eigenvalue weighted by Crippen LogP contribution is -2.19. The number of hydrogen-bond donors (Lipinski definition) is 0. The minimum atomic E-state index is 0.201. The number of hydrazone groups is 1. The van der Waals surface area contributed by atoms with E-state index in [2.05, 4.69) is 70.8 Å². The molecule has 0 saturated carbocycles. The summed E-state index contributed by atoms with van der Waals surface area (Å²) in [6.07, 6.45) is 0.896. The highest BCUT2D eigenvalue weighted by molar-refractivity contribution is 7.13. The Kier molecular flexibility index (Phi) is 3.90. The maximum absolute atomic E-state index is 4.94. The molecule has 0 N–H and O–H groups in total. The third-order valence-electron chi connectivity index (χ3n) is 4.37. The van der Waals surface area contributed by atoms with Crippen LogP contribution in [0.3, 0.4) is 0 Å². The van der Waals surface area contributed by atoms with Crippen molar-refractivity contribution >= 4 is 22.2 Å². The van der Waals surface area contributed by atoms with E-state index in [1.807, 2.05) is 13.0 Å². The van der Waals surface area contributed by atoms with Crippen molar-refractivity contribution in [3.8, 4) is 0 Å². The van der Waals surface area contributed by atoms with E-state index in [4.69, 9.17) is 5.10 Å². The van der Waals surface area contributed by atoms with Crippen LogP contribution in [0.2, 0.25) is 0 Å². The van der Waals surface area contributed by atoms with Gasteiger partial charge in [0.25, 0.3) is 0 Å². The third kappa shape index (κ3) is 2.74. The summed E-state index contributed by atoms with van der Waals surface area (Å²) >= 11 is 1.66. The smallest absolute Gasteiger partial charge is 0.206 e. The van der Waals surface area contributed by atoms with Crippen LogP contribution in [0.4, 0.5) is 5.13 Å². The molecule has 2 heterocycles. The van der Waals surface area contributed by atoms with E-state index in [-0.39, 0.29) is 6.04 Å². The molecule has 120 valence electrons. The molecule has 1 aromatic heterocycles. The summed E-state index contributed by atoms with van der Waals surface area (Å²) in [5.74, 6) is 0. The van der Waals surface area contributed by atoms with Crippen molar-refractivity contribution in [3.05, 3.63) is 82.4 Å². The molecule has 4 rings (SSSR count). The first-order valence-corrected chi connectivity index (χ1v) is 9.00. The minimum Gasteiger partial charge on any atom is -0.231 e. The monoisotopic (exact) mass is 333 g/mol. The lowest BCUT2D eigenvalue weighted by molar-refractivity contribution is 0.701. The van der Waals surface area contributed by atoms with E-state index in [0.717, 1.165) is 23.0 Å². The number of aryl methyl sites for hydroxylation is 2. The van der Waals surface area contributed by atoms with E-state index < -0.39 is 0 Å². The van der Waals surface area contributed by atoms with Crippen LogP contribution in [-0.4, -0.2) is 10.7 Å². The van der Waals surface area contributed by atoms with Crippen LogP contribution in [0.25, 0.3) is 0 Å². The topological polar surface area (TPSA) is 28.5 Å². The van der Waals surface area contributed by atoms with Gasteiger partial charge in [-0.2, -0.15) is 5.10 Å². The van der Waals surface area contributed by atoms with Crippen molar-refractivity contribution < 1.29 is 0 Å². The Morgan fingerprint density at radius 3 is 2.46 bits per heavy atom. The molecule has 0 radical (unpaired) electrons. The normalized spacial score (nSPS) is 17.2. The van der Waals surface area contributed by atoms with Gasteiger partial charge in [-0.3, -0.25) is 0 Å². The highest BCUT2D eigenvalue weighted by Crippen LogP contribution is 2.38. The van der Waals surface area contributed by atoms with Crippen LogP contribution in [0.15, 0.2) is 65.1 Å². The predicted octanol–water partition coefficient (Wildman–Crippen LogP) is 5.12. The quantitative estimate of drug-likeness (QED) is 0.666. The molecule has 0 amide bonds. The minimum absolute atomic E-state index is 0.201. The number of benzene rings is 2. The zero-order chi connectivity index (χ0) is 16.5. The SMILES string of the molecule is Cc1csc(N2N=C(c3ccccc3)C[C@@H]2c2ccccc2C)n1. The van der Waals surface area contributed by atoms with Crippen LogP contribution in [0.1, 0.15) is 34.8 Å². The van der Waals surface area contributed by atoms with Gasteiger partial charge in [0.1, 0.15) is 0 Å². The second-order valence-electron chi connectivity index (χ2n) is 6.11. The van der Waals surface area contributed by atoms with Crippen LogP contribution in [0.5, 0.6) is 0 Å². The fourth-order valence-electron chi connectivity index (χ4n) is 3.14. The fraction of sp³-hybridized carbons (Fsp3) is 0.200. The Labute approximate surface area is 146 Å². The Hall–Kier alpha value is -2.46. The van der Waals surface area contributed by atoms with Crippen LogP contribution >= 0.6 is 11.3 Å². The second kappa shape index (κ2) is 6.21. The summed E-state index contributed by atoms with van der Waals surface area (Å²) in [5.41, 5.74) is 5.97. The van der Waals surface area contributed by atoms with Crippen molar-refractivity contribution in [2.75, 3.05) is 5.01 Å². The molecular weight excluding hydrogens is 314 g/mol. The van der Waals surface area contributed by atoms with Gasteiger partial charge in [-0.25, -0.2) is 9.99 Å². The molecule has 0 unspecified atom stereocenters. The molecule has 24 heavy (non-hydrogen) atoms. The maximum atomic E-state index is 4.94. The van der Waals surface area contributed by atoms with Gasteiger partial charge in [0, 0.05) is 11.8 Å². The number of anilines is 1. The van der Waals surface area contributed by atoms with Crippen molar-refractivity contribution in [2.24, 2.45) is 5.10 Å². The Morgan fingerprint density at radius 2 is 1.75 bits per heavy atom. The molecule has 0 saturated heterocycles. The largest absolute Gasteiger partial charge is 0.231 e. The molecule has 0 spiro atoms. The molecule has 0 fully saturated rings. The first kappa shape index (κ1) is 15.1. The fourth-order valence-corrected chi connectivity index (χ4v) is 3.94. The lowest BCUT2D eigenvalue weighted by Gasteiger charge is -2.22. The first-order valence-electron chi connectivity index (χ1n) is 8.12. The highest BCUT2D eigenvalue weighted by Gasteiger charge is 2.32. The van der Waals surface area contributed by atoms with Gasteiger partial charge in [0.2, 0.25) is 5.13 Å². The van der Waals surface area contributed by atoms with Gasteiger partial charge < -0.3 is 0 Å². The van der Waals surface area contributed by atoms with Gasteiger partial charge in [-0.05, 0) is 30.5 Å². The molecule has 1 aliphatic heterocycles. The van der Waals surface area contributed by atoms with Gasteiger partial charge in [-0.15, -0.1) is 11.3 Å². The number of hydrogen-bond acceptors (Lipinski definition) is 4.